The number of anilines is 1. The fourth-order valence-corrected chi connectivity index (χ4v) is 3.51. The fourth-order valence-electron chi connectivity index (χ4n) is 2.83. The van der Waals surface area contributed by atoms with E-state index in [-0.39, 0.29) is 24.1 Å². The average Bonchev–Trinajstić information content (AvgIpc) is 3.11. The molecule has 0 fully saturated rings. The second kappa shape index (κ2) is 8.83. The van der Waals surface area contributed by atoms with Crippen molar-refractivity contribution in [3.8, 4) is 5.75 Å². The summed E-state index contributed by atoms with van der Waals surface area (Å²) in [7, 11) is 0. The first-order chi connectivity index (χ1) is 14.6. The van der Waals surface area contributed by atoms with E-state index in [0.29, 0.717) is 16.7 Å². The minimum absolute atomic E-state index is 0.0674. The van der Waals surface area contributed by atoms with Gasteiger partial charge in [-0.1, -0.05) is 48.2 Å². The monoisotopic (exact) mass is 423 g/mol. The van der Waals surface area contributed by atoms with Gasteiger partial charge in [0.2, 0.25) is 11.1 Å². The van der Waals surface area contributed by atoms with Gasteiger partial charge in [0.25, 0.3) is 0 Å². The zero-order valence-corrected chi connectivity index (χ0v) is 16.6. The topological polar surface area (TPSA) is 95.1 Å². The molecule has 30 heavy (non-hydrogen) atoms. The van der Waals surface area contributed by atoms with E-state index in [1.165, 1.54) is 40.7 Å². The Bertz CT molecular complexity index is 1170. The van der Waals surface area contributed by atoms with Gasteiger partial charge in [0.15, 0.2) is 5.82 Å². The Morgan fingerprint density at radius 2 is 1.83 bits per heavy atom. The quantitative estimate of drug-likeness (QED) is 0.348. The van der Waals surface area contributed by atoms with E-state index < -0.39 is 0 Å². The molecule has 0 bridgehead atoms. The lowest BCUT2D eigenvalue weighted by Gasteiger charge is -2.09. The molecule has 9 heteroatoms. The Morgan fingerprint density at radius 3 is 2.67 bits per heavy atom. The van der Waals surface area contributed by atoms with Crippen LogP contribution in [0.4, 0.5) is 10.1 Å². The summed E-state index contributed by atoms with van der Waals surface area (Å²) in [6.07, 6.45) is 0. The number of carbonyl (C=O) groups excluding carboxylic acids is 1. The molecule has 1 aromatic heterocycles. The molecule has 7 nitrogen and oxygen atoms in total. The summed E-state index contributed by atoms with van der Waals surface area (Å²) in [5, 5.41) is 13.3. The van der Waals surface area contributed by atoms with Crippen LogP contribution in [0.3, 0.4) is 0 Å². The first-order valence-corrected chi connectivity index (χ1v) is 10.1. The predicted octanol–water partition coefficient (Wildman–Crippen LogP) is 3.59. The fraction of sp³-hybridized carbons (Fsp3) is 0.0952. The number of hydrogen-bond donors (Lipinski definition) is 2. The maximum absolute atomic E-state index is 12.9. The third-order valence-electron chi connectivity index (χ3n) is 4.31. The van der Waals surface area contributed by atoms with Gasteiger partial charge in [-0.25, -0.2) is 9.07 Å². The lowest BCUT2D eigenvalue weighted by molar-refractivity contribution is -0.113. The number of nitrogen functional groups attached to an aromatic ring is 1. The third-order valence-corrected chi connectivity index (χ3v) is 5.26. The van der Waals surface area contributed by atoms with Crippen LogP contribution in [0.5, 0.6) is 5.75 Å². The minimum atomic E-state index is -0.343. The molecule has 0 saturated heterocycles. The average molecular weight is 423 g/mol. The van der Waals surface area contributed by atoms with Crippen LogP contribution < -0.4 is 15.9 Å². The molecule has 0 unspecified atom stereocenters. The predicted molar refractivity (Wildman–Crippen MR) is 114 cm³/mol. The Kier molecular flexibility index (Phi) is 5.80. The summed E-state index contributed by atoms with van der Waals surface area (Å²) < 4.78 is 19.7. The number of rotatable bonds is 7. The highest BCUT2D eigenvalue weighted by molar-refractivity contribution is 7.99. The van der Waals surface area contributed by atoms with E-state index in [4.69, 9.17) is 10.6 Å². The zero-order chi connectivity index (χ0) is 20.9. The zero-order valence-electron chi connectivity index (χ0n) is 15.8. The molecule has 3 aromatic carbocycles. The van der Waals surface area contributed by atoms with Crippen LogP contribution in [0.15, 0.2) is 71.9 Å². The molecular weight excluding hydrogens is 405 g/mol. The first kappa shape index (κ1) is 19.7. The van der Waals surface area contributed by atoms with E-state index in [1.54, 1.807) is 0 Å². The lowest BCUT2D eigenvalue weighted by Crippen LogP contribution is -2.18. The van der Waals surface area contributed by atoms with Gasteiger partial charge in [0.05, 0.1) is 5.75 Å². The Morgan fingerprint density at radius 1 is 1.07 bits per heavy atom. The van der Waals surface area contributed by atoms with Gasteiger partial charge in [0, 0.05) is 11.1 Å². The molecule has 152 valence electrons. The van der Waals surface area contributed by atoms with Crippen LogP contribution in [-0.2, 0) is 11.4 Å². The highest BCUT2D eigenvalue weighted by Gasteiger charge is 2.13. The summed E-state index contributed by atoms with van der Waals surface area (Å²) in [5.41, 5.74) is 0.751. The minimum Gasteiger partial charge on any atom is -0.486 e. The van der Waals surface area contributed by atoms with Gasteiger partial charge < -0.3 is 15.9 Å². The van der Waals surface area contributed by atoms with E-state index in [9.17, 15) is 9.18 Å². The van der Waals surface area contributed by atoms with Crippen LogP contribution in [0, 0.1) is 5.82 Å². The van der Waals surface area contributed by atoms with Gasteiger partial charge in [-0.15, -0.1) is 10.2 Å². The highest BCUT2D eigenvalue weighted by Crippen LogP contribution is 2.23. The van der Waals surface area contributed by atoms with Crippen LogP contribution >= 0.6 is 11.8 Å². The standard InChI is InChI=1S/C21H18FN5O2S/c22-15-8-10-16(11-9-15)29-12-19-25-26-21(27(19)23)30-13-20(28)24-18-7-3-5-14-4-1-2-6-17(14)18/h1-11H,12-13,23H2,(H,24,28). The molecular formula is C21H18FN5O2S. The van der Waals surface area contributed by atoms with Crippen molar-refractivity contribution in [3.63, 3.8) is 0 Å². The van der Waals surface area contributed by atoms with Crippen molar-refractivity contribution >= 4 is 34.1 Å². The van der Waals surface area contributed by atoms with Crippen LogP contribution in [0.2, 0.25) is 0 Å². The number of benzene rings is 3. The number of thioether (sulfide) groups is 1. The molecule has 4 aromatic rings. The summed E-state index contributed by atoms with van der Waals surface area (Å²) in [4.78, 5) is 12.4. The molecule has 0 spiro atoms. The molecule has 4 rings (SSSR count). The summed E-state index contributed by atoms with van der Waals surface area (Å²) >= 11 is 1.17. The largest absolute Gasteiger partial charge is 0.486 e. The molecule has 1 amide bonds. The van der Waals surface area contributed by atoms with Gasteiger partial charge in [-0.2, -0.15) is 0 Å². The second-order valence-corrected chi connectivity index (χ2v) is 7.32. The van der Waals surface area contributed by atoms with E-state index >= 15 is 0 Å². The highest BCUT2D eigenvalue weighted by atomic mass is 32.2. The van der Waals surface area contributed by atoms with E-state index in [0.717, 1.165) is 16.5 Å². The summed E-state index contributed by atoms with van der Waals surface area (Å²) in [6.45, 7) is 0.0674. The summed E-state index contributed by atoms with van der Waals surface area (Å²) in [5.74, 6) is 6.48. The normalized spacial score (nSPS) is 10.8. The number of halogens is 1. The van der Waals surface area contributed by atoms with Crippen molar-refractivity contribution < 1.29 is 13.9 Å². The van der Waals surface area contributed by atoms with Crippen molar-refractivity contribution in [2.24, 2.45) is 0 Å². The van der Waals surface area contributed by atoms with Gasteiger partial charge in [0.1, 0.15) is 18.2 Å². The number of hydrogen-bond acceptors (Lipinski definition) is 6. The molecule has 0 radical (unpaired) electrons. The van der Waals surface area contributed by atoms with Gasteiger partial charge >= 0.3 is 0 Å². The summed E-state index contributed by atoms with van der Waals surface area (Å²) in [6, 6.07) is 19.2. The van der Waals surface area contributed by atoms with Crippen molar-refractivity contribution in [1.82, 2.24) is 14.9 Å². The molecule has 0 aliphatic carbocycles. The third kappa shape index (κ3) is 4.52. The van der Waals surface area contributed by atoms with Crippen molar-refractivity contribution in [3.05, 3.63) is 78.4 Å². The maximum Gasteiger partial charge on any atom is 0.234 e. The lowest BCUT2D eigenvalue weighted by atomic mass is 10.1. The van der Waals surface area contributed by atoms with Crippen molar-refractivity contribution in [2.75, 3.05) is 16.9 Å². The Labute approximate surface area is 176 Å². The molecule has 3 N–H and O–H groups in total. The van der Waals surface area contributed by atoms with E-state index in [2.05, 4.69) is 15.5 Å². The Balaban J connectivity index is 1.34. The number of nitrogens with one attached hydrogen (secondary N) is 1. The second-order valence-electron chi connectivity index (χ2n) is 6.37. The number of aromatic nitrogens is 3. The maximum atomic E-state index is 12.9. The molecule has 1 heterocycles. The smallest absolute Gasteiger partial charge is 0.234 e. The number of ether oxygens (including phenoxy) is 1. The van der Waals surface area contributed by atoms with Crippen molar-refractivity contribution in [1.29, 1.82) is 0 Å². The number of carbonyl (C=O) groups is 1. The number of nitrogens with two attached hydrogens (primary N) is 1. The molecule has 0 saturated carbocycles. The molecule has 0 aliphatic heterocycles. The number of fused-ring (bicyclic) bond motifs is 1. The van der Waals surface area contributed by atoms with E-state index in [1.807, 2.05) is 42.5 Å². The number of amides is 1. The van der Waals surface area contributed by atoms with Crippen LogP contribution in [0.25, 0.3) is 10.8 Å². The molecule has 0 aliphatic rings. The number of nitrogens with zero attached hydrogens (tertiary/aromatic N) is 3. The van der Waals surface area contributed by atoms with Crippen molar-refractivity contribution in [2.45, 2.75) is 11.8 Å². The van der Waals surface area contributed by atoms with Gasteiger partial charge in [-0.05, 0) is 35.7 Å². The first-order valence-electron chi connectivity index (χ1n) is 9.08. The van der Waals surface area contributed by atoms with Crippen LogP contribution in [0.1, 0.15) is 5.82 Å². The van der Waals surface area contributed by atoms with Gasteiger partial charge in [-0.3, -0.25) is 4.79 Å². The SMILES string of the molecule is Nn1c(COc2ccc(F)cc2)nnc1SCC(=O)Nc1cccc2ccccc12. The molecule has 0 atom stereocenters. The van der Waals surface area contributed by atoms with Crippen LogP contribution in [-0.4, -0.2) is 26.5 Å². The Hall–Kier alpha value is -3.59.